The molecule has 0 radical (unpaired) electrons. The molecule has 1 atom stereocenters. The van der Waals surface area contributed by atoms with Crippen LogP contribution in [0.5, 0.6) is 0 Å². The Balaban J connectivity index is 2.08. The Bertz CT molecular complexity index is 444. The van der Waals surface area contributed by atoms with Gasteiger partial charge in [-0.2, -0.15) is 0 Å². The highest BCUT2D eigenvalue weighted by molar-refractivity contribution is 5.79. The van der Waals surface area contributed by atoms with Crippen LogP contribution in [0.25, 0.3) is 0 Å². The van der Waals surface area contributed by atoms with E-state index in [1.807, 2.05) is 4.90 Å². The summed E-state index contributed by atoms with van der Waals surface area (Å²) in [5.41, 5.74) is -1.64. The van der Waals surface area contributed by atoms with E-state index in [9.17, 15) is 14.7 Å². The van der Waals surface area contributed by atoms with Gasteiger partial charge in [-0.25, -0.2) is 4.79 Å². The van der Waals surface area contributed by atoms with Crippen LogP contribution in [-0.2, 0) is 14.3 Å². The van der Waals surface area contributed by atoms with E-state index in [1.54, 1.807) is 13.8 Å². The predicted octanol–water partition coefficient (Wildman–Crippen LogP) is 1.17. The van der Waals surface area contributed by atoms with Gasteiger partial charge in [0.25, 0.3) is 0 Å². The second-order valence-corrected chi connectivity index (χ2v) is 7.16. The molecule has 23 heavy (non-hydrogen) atoms. The minimum atomic E-state index is -1.51. The Labute approximate surface area is 138 Å². The summed E-state index contributed by atoms with van der Waals surface area (Å²) in [6.45, 7) is 7.46. The number of nitrogens with zero attached hydrogens (tertiary/aromatic N) is 2. The maximum absolute atomic E-state index is 12.0. The summed E-state index contributed by atoms with van der Waals surface area (Å²) in [4.78, 5) is 28.1. The monoisotopic (exact) mass is 326 g/mol. The summed E-state index contributed by atoms with van der Waals surface area (Å²) >= 11 is 0. The molecule has 1 amide bonds. The Morgan fingerprint density at radius 1 is 1.22 bits per heavy atom. The third-order valence-corrected chi connectivity index (χ3v) is 5.14. The number of piperazine rings is 1. The van der Waals surface area contributed by atoms with Crippen molar-refractivity contribution in [1.29, 1.82) is 0 Å². The molecule has 1 N–H and O–H groups in total. The van der Waals surface area contributed by atoms with E-state index < -0.39 is 11.6 Å². The van der Waals surface area contributed by atoms with E-state index in [0.29, 0.717) is 13.1 Å². The molecular weight excluding hydrogens is 296 g/mol. The highest BCUT2D eigenvalue weighted by atomic mass is 16.5. The number of ether oxygens (including phenoxy) is 1. The van der Waals surface area contributed by atoms with Gasteiger partial charge in [0, 0.05) is 33.1 Å². The molecule has 1 saturated heterocycles. The number of hydrogen-bond acceptors (Lipinski definition) is 5. The molecule has 6 nitrogen and oxygen atoms in total. The van der Waals surface area contributed by atoms with Crippen LogP contribution in [0.1, 0.15) is 52.9 Å². The lowest BCUT2D eigenvalue weighted by Crippen LogP contribution is -2.66. The van der Waals surface area contributed by atoms with E-state index in [0.717, 1.165) is 32.2 Å². The second-order valence-electron chi connectivity index (χ2n) is 7.16. The zero-order chi connectivity index (χ0) is 17.1. The molecule has 1 unspecified atom stereocenters. The number of β-amino-alcohol motifs (C(OH)–C–C–N with tert-alkyl or cyclic N) is 1. The molecule has 0 aromatic heterocycles. The molecule has 132 valence electrons. The highest BCUT2D eigenvalue weighted by Crippen LogP contribution is 2.37. The molecule has 0 aromatic rings. The first-order valence-electron chi connectivity index (χ1n) is 8.71. The number of carbonyl (C=O) groups is 2. The Kier molecular flexibility index (Phi) is 5.68. The molecule has 1 heterocycles. The van der Waals surface area contributed by atoms with Crippen LogP contribution in [-0.4, -0.2) is 70.7 Å². The average molecular weight is 326 g/mol. The summed E-state index contributed by atoms with van der Waals surface area (Å²) in [7, 11) is 0. The van der Waals surface area contributed by atoms with Crippen LogP contribution in [0.4, 0.5) is 0 Å². The van der Waals surface area contributed by atoms with Gasteiger partial charge in [-0.05, 0) is 26.7 Å². The van der Waals surface area contributed by atoms with Crippen LogP contribution in [0, 0.1) is 0 Å². The van der Waals surface area contributed by atoms with Crippen molar-refractivity contribution in [3.63, 3.8) is 0 Å². The highest BCUT2D eigenvalue weighted by Gasteiger charge is 2.45. The minimum absolute atomic E-state index is 0.128. The van der Waals surface area contributed by atoms with Crippen LogP contribution < -0.4 is 0 Å². The molecule has 0 aromatic carbocycles. The van der Waals surface area contributed by atoms with E-state index in [-0.39, 0.29) is 24.6 Å². The van der Waals surface area contributed by atoms with E-state index in [1.165, 1.54) is 13.3 Å². The lowest BCUT2D eigenvalue weighted by molar-refractivity contribution is -0.167. The first-order valence-corrected chi connectivity index (χ1v) is 8.71. The fourth-order valence-corrected chi connectivity index (χ4v) is 4.11. The van der Waals surface area contributed by atoms with E-state index in [2.05, 4.69) is 4.90 Å². The second kappa shape index (κ2) is 7.18. The van der Waals surface area contributed by atoms with Gasteiger partial charge < -0.3 is 14.7 Å². The maximum Gasteiger partial charge on any atom is 0.339 e. The lowest BCUT2D eigenvalue weighted by Gasteiger charge is -2.53. The SMILES string of the molecule is CCOC(=O)C(C)(O)CN1CCN(C(C)=O)C2(CCCCC2)C1. The zero-order valence-electron chi connectivity index (χ0n) is 14.6. The van der Waals surface area contributed by atoms with Crippen molar-refractivity contribution in [1.82, 2.24) is 9.80 Å². The van der Waals surface area contributed by atoms with Crippen LogP contribution >= 0.6 is 0 Å². The van der Waals surface area contributed by atoms with Gasteiger partial charge in [0.2, 0.25) is 5.91 Å². The number of aliphatic hydroxyl groups is 1. The molecule has 2 fully saturated rings. The van der Waals surface area contributed by atoms with Crippen molar-refractivity contribution < 1.29 is 19.4 Å². The van der Waals surface area contributed by atoms with Crippen molar-refractivity contribution in [3.05, 3.63) is 0 Å². The van der Waals surface area contributed by atoms with Gasteiger partial charge in [0.05, 0.1) is 12.1 Å². The smallest absolute Gasteiger partial charge is 0.339 e. The third kappa shape index (κ3) is 4.04. The Morgan fingerprint density at radius 2 is 1.87 bits per heavy atom. The number of hydrogen-bond donors (Lipinski definition) is 1. The average Bonchev–Trinajstić information content (AvgIpc) is 2.47. The number of amides is 1. The summed E-state index contributed by atoms with van der Waals surface area (Å²) in [6, 6.07) is 0. The molecule has 6 heteroatoms. The van der Waals surface area contributed by atoms with Crippen molar-refractivity contribution in [2.45, 2.75) is 64.0 Å². The predicted molar refractivity (Wildman–Crippen MR) is 86.9 cm³/mol. The first kappa shape index (κ1) is 18.2. The van der Waals surface area contributed by atoms with Crippen molar-refractivity contribution in [2.75, 3.05) is 32.8 Å². The largest absolute Gasteiger partial charge is 0.464 e. The summed E-state index contributed by atoms with van der Waals surface area (Å²) < 4.78 is 4.96. The zero-order valence-corrected chi connectivity index (χ0v) is 14.6. The van der Waals surface area contributed by atoms with Crippen molar-refractivity contribution in [3.8, 4) is 0 Å². The van der Waals surface area contributed by atoms with Gasteiger partial charge in [0.1, 0.15) is 0 Å². The number of esters is 1. The molecule has 0 bridgehead atoms. The molecule has 1 aliphatic heterocycles. The van der Waals surface area contributed by atoms with Gasteiger partial charge in [-0.3, -0.25) is 9.69 Å². The normalized spacial score (nSPS) is 24.3. The lowest BCUT2D eigenvalue weighted by atomic mass is 9.78. The first-order chi connectivity index (χ1) is 10.8. The maximum atomic E-state index is 12.0. The molecule has 1 aliphatic carbocycles. The summed E-state index contributed by atoms with van der Waals surface area (Å²) in [5, 5.41) is 10.4. The van der Waals surface area contributed by atoms with Gasteiger partial charge >= 0.3 is 5.97 Å². The molecular formula is C17H30N2O4. The van der Waals surface area contributed by atoms with Crippen LogP contribution in [0.15, 0.2) is 0 Å². The summed E-state index contributed by atoms with van der Waals surface area (Å²) in [6.07, 6.45) is 5.49. The minimum Gasteiger partial charge on any atom is -0.464 e. The van der Waals surface area contributed by atoms with Gasteiger partial charge in [-0.15, -0.1) is 0 Å². The van der Waals surface area contributed by atoms with Crippen LogP contribution in [0.3, 0.4) is 0 Å². The third-order valence-electron chi connectivity index (χ3n) is 5.14. The van der Waals surface area contributed by atoms with Gasteiger partial charge in [0.15, 0.2) is 5.60 Å². The number of rotatable bonds is 4. The fraction of sp³-hybridized carbons (Fsp3) is 0.882. The quantitative estimate of drug-likeness (QED) is 0.785. The Morgan fingerprint density at radius 3 is 2.43 bits per heavy atom. The van der Waals surface area contributed by atoms with Crippen molar-refractivity contribution >= 4 is 11.9 Å². The fourth-order valence-electron chi connectivity index (χ4n) is 4.11. The Hall–Kier alpha value is -1.14. The topological polar surface area (TPSA) is 70.1 Å². The molecule has 2 aliphatic rings. The molecule has 2 rings (SSSR count). The van der Waals surface area contributed by atoms with Gasteiger partial charge in [-0.1, -0.05) is 19.3 Å². The molecule has 1 spiro atoms. The number of carbonyl (C=O) groups excluding carboxylic acids is 2. The summed E-state index contributed by atoms with van der Waals surface area (Å²) in [5.74, 6) is -0.449. The van der Waals surface area contributed by atoms with Crippen molar-refractivity contribution in [2.24, 2.45) is 0 Å². The standard InChI is InChI=1S/C17H30N2O4/c1-4-23-15(21)16(3,22)12-18-10-11-19(14(2)20)17(13-18)8-6-5-7-9-17/h22H,4-13H2,1-3H3. The van der Waals surface area contributed by atoms with E-state index in [4.69, 9.17) is 4.74 Å². The van der Waals surface area contributed by atoms with E-state index >= 15 is 0 Å². The van der Waals surface area contributed by atoms with Crippen LogP contribution in [0.2, 0.25) is 0 Å². The molecule has 1 saturated carbocycles.